The highest BCUT2D eigenvalue weighted by Gasteiger charge is 2.51. The SMILES string of the molecule is CNC(CN(C)CC1CCCC1)(C(=O)OC)C1CC1. The third-order valence-electron chi connectivity index (χ3n) is 4.83. The van der Waals surface area contributed by atoms with Gasteiger partial charge in [-0.25, -0.2) is 4.79 Å². The van der Waals surface area contributed by atoms with Crippen molar-refractivity contribution in [3.63, 3.8) is 0 Å². The number of hydrogen-bond acceptors (Lipinski definition) is 4. The lowest BCUT2D eigenvalue weighted by atomic mass is 9.92. The summed E-state index contributed by atoms with van der Waals surface area (Å²) in [7, 11) is 5.52. The molecule has 2 aliphatic rings. The Morgan fingerprint density at radius 1 is 1.32 bits per heavy atom. The van der Waals surface area contributed by atoms with Gasteiger partial charge in [0.05, 0.1) is 7.11 Å². The zero-order valence-electron chi connectivity index (χ0n) is 12.6. The van der Waals surface area contributed by atoms with Gasteiger partial charge in [0.25, 0.3) is 0 Å². The molecule has 1 unspecified atom stereocenters. The van der Waals surface area contributed by atoms with Gasteiger partial charge in [0.15, 0.2) is 0 Å². The van der Waals surface area contributed by atoms with Crippen LogP contribution < -0.4 is 5.32 Å². The number of nitrogens with one attached hydrogen (secondary N) is 1. The first kappa shape index (κ1) is 14.8. The number of ether oxygens (including phenoxy) is 1. The van der Waals surface area contributed by atoms with E-state index in [1.54, 1.807) is 0 Å². The molecule has 110 valence electrons. The van der Waals surface area contributed by atoms with E-state index in [1.807, 2.05) is 7.05 Å². The molecule has 2 saturated carbocycles. The van der Waals surface area contributed by atoms with Gasteiger partial charge in [0, 0.05) is 13.1 Å². The molecule has 19 heavy (non-hydrogen) atoms. The van der Waals surface area contributed by atoms with Crippen LogP contribution in [-0.4, -0.2) is 50.7 Å². The molecule has 0 aromatic heterocycles. The van der Waals surface area contributed by atoms with Crippen LogP contribution in [0.3, 0.4) is 0 Å². The minimum absolute atomic E-state index is 0.101. The zero-order chi connectivity index (χ0) is 13.9. The van der Waals surface area contributed by atoms with Crippen LogP contribution in [0.1, 0.15) is 38.5 Å². The summed E-state index contributed by atoms with van der Waals surface area (Å²) in [5, 5.41) is 3.27. The fourth-order valence-corrected chi connectivity index (χ4v) is 3.63. The van der Waals surface area contributed by atoms with Gasteiger partial charge in [-0.2, -0.15) is 0 Å². The van der Waals surface area contributed by atoms with E-state index < -0.39 is 5.54 Å². The van der Waals surface area contributed by atoms with E-state index in [0.717, 1.165) is 31.8 Å². The van der Waals surface area contributed by atoms with Gasteiger partial charge in [-0.05, 0) is 51.6 Å². The number of esters is 1. The van der Waals surface area contributed by atoms with E-state index in [4.69, 9.17) is 4.74 Å². The van der Waals surface area contributed by atoms with Gasteiger partial charge >= 0.3 is 5.97 Å². The van der Waals surface area contributed by atoms with Crippen molar-refractivity contribution in [2.75, 3.05) is 34.3 Å². The second kappa shape index (κ2) is 6.23. The van der Waals surface area contributed by atoms with Crippen LogP contribution in [0.15, 0.2) is 0 Å². The summed E-state index contributed by atoms with van der Waals surface area (Å²) >= 11 is 0. The normalized spacial score (nSPS) is 23.6. The Hall–Kier alpha value is -0.610. The molecule has 0 radical (unpaired) electrons. The molecule has 0 bridgehead atoms. The monoisotopic (exact) mass is 268 g/mol. The molecular formula is C15H28N2O2. The maximum Gasteiger partial charge on any atom is 0.327 e. The zero-order valence-corrected chi connectivity index (χ0v) is 12.6. The first-order chi connectivity index (χ1) is 9.12. The Bertz CT molecular complexity index is 311. The Balaban J connectivity index is 1.96. The van der Waals surface area contributed by atoms with Crippen LogP contribution in [0.25, 0.3) is 0 Å². The summed E-state index contributed by atoms with van der Waals surface area (Å²) in [5.41, 5.74) is -0.498. The van der Waals surface area contributed by atoms with Gasteiger partial charge in [-0.15, -0.1) is 0 Å². The largest absolute Gasteiger partial charge is 0.468 e. The summed E-state index contributed by atoms with van der Waals surface area (Å²) < 4.78 is 5.05. The van der Waals surface area contributed by atoms with Crippen LogP contribution in [0.4, 0.5) is 0 Å². The van der Waals surface area contributed by atoms with Crippen LogP contribution in [0.2, 0.25) is 0 Å². The Kier molecular flexibility index (Phi) is 4.85. The third kappa shape index (κ3) is 3.29. The molecule has 0 aromatic rings. The highest BCUT2D eigenvalue weighted by atomic mass is 16.5. The summed E-state index contributed by atoms with van der Waals surface area (Å²) in [6.07, 6.45) is 7.70. The lowest BCUT2D eigenvalue weighted by molar-refractivity contribution is -0.150. The van der Waals surface area contributed by atoms with Crippen LogP contribution in [0.5, 0.6) is 0 Å². The van der Waals surface area contributed by atoms with Gasteiger partial charge in [0.1, 0.15) is 5.54 Å². The standard InChI is InChI=1S/C15H28N2O2/c1-16-15(13-8-9-13,14(18)19-3)11-17(2)10-12-6-4-5-7-12/h12-13,16H,4-11H2,1-3H3. The smallest absolute Gasteiger partial charge is 0.327 e. The molecule has 1 N–H and O–H groups in total. The number of hydrogen-bond donors (Lipinski definition) is 1. The van der Waals surface area contributed by atoms with Gasteiger partial charge in [-0.1, -0.05) is 12.8 Å². The molecule has 4 nitrogen and oxygen atoms in total. The summed E-state index contributed by atoms with van der Waals surface area (Å²) in [6.45, 7) is 1.87. The van der Waals surface area contributed by atoms with Crippen molar-refractivity contribution < 1.29 is 9.53 Å². The summed E-state index contributed by atoms with van der Waals surface area (Å²) in [6, 6.07) is 0. The highest BCUT2D eigenvalue weighted by Crippen LogP contribution is 2.41. The van der Waals surface area contributed by atoms with E-state index in [9.17, 15) is 4.79 Å². The van der Waals surface area contributed by atoms with Crippen molar-refractivity contribution in [3.05, 3.63) is 0 Å². The Morgan fingerprint density at radius 2 is 1.95 bits per heavy atom. The second-order valence-corrected chi connectivity index (χ2v) is 6.33. The molecule has 2 aliphatic carbocycles. The van der Waals surface area contributed by atoms with Crippen molar-refractivity contribution in [3.8, 4) is 0 Å². The van der Waals surface area contributed by atoms with Gasteiger partial charge < -0.3 is 15.0 Å². The second-order valence-electron chi connectivity index (χ2n) is 6.33. The van der Waals surface area contributed by atoms with Gasteiger partial charge in [-0.3, -0.25) is 0 Å². The predicted octanol–water partition coefficient (Wildman–Crippen LogP) is 1.65. The molecule has 4 heteroatoms. The first-order valence-electron chi connectivity index (χ1n) is 7.58. The molecule has 2 rings (SSSR count). The first-order valence-corrected chi connectivity index (χ1v) is 7.58. The Morgan fingerprint density at radius 3 is 2.42 bits per heavy atom. The van der Waals surface area contributed by atoms with E-state index >= 15 is 0 Å². The molecular weight excluding hydrogens is 240 g/mol. The van der Waals surface area contributed by atoms with Crippen molar-refractivity contribution in [2.45, 2.75) is 44.1 Å². The van der Waals surface area contributed by atoms with Crippen molar-refractivity contribution >= 4 is 5.97 Å². The molecule has 0 saturated heterocycles. The molecule has 2 fully saturated rings. The lowest BCUT2D eigenvalue weighted by Gasteiger charge is -2.35. The maximum absolute atomic E-state index is 12.2. The fraction of sp³-hybridized carbons (Fsp3) is 0.933. The van der Waals surface area contributed by atoms with E-state index in [0.29, 0.717) is 5.92 Å². The average Bonchev–Trinajstić information content (AvgIpc) is 3.14. The van der Waals surface area contributed by atoms with E-state index in [2.05, 4.69) is 17.3 Å². The molecule has 0 spiro atoms. The van der Waals surface area contributed by atoms with E-state index in [-0.39, 0.29) is 5.97 Å². The highest BCUT2D eigenvalue weighted by molar-refractivity contribution is 5.82. The van der Waals surface area contributed by atoms with Crippen molar-refractivity contribution in [2.24, 2.45) is 11.8 Å². The van der Waals surface area contributed by atoms with Crippen LogP contribution in [0, 0.1) is 11.8 Å². The number of carbonyl (C=O) groups excluding carboxylic acids is 1. The number of nitrogens with zero attached hydrogens (tertiary/aromatic N) is 1. The summed E-state index contributed by atoms with van der Waals surface area (Å²) in [4.78, 5) is 14.5. The summed E-state index contributed by atoms with van der Waals surface area (Å²) in [5.74, 6) is 1.16. The number of likely N-dealkylation sites (N-methyl/N-ethyl adjacent to an activating group) is 2. The topological polar surface area (TPSA) is 41.6 Å². The molecule has 1 atom stereocenters. The molecule has 0 heterocycles. The molecule has 0 aromatic carbocycles. The molecule has 0 aliphatic heterocycles. The molecule has 0 amide bonds. The third-order valence-corrected chi connectivity index (χ3v) is 4.83. The van der Waals surface area contributed by atoms with E-state index in [1.165, 1.54) is 32.8 Å². The number of rotatable bonds is 7. The number of methoxy groups -OCH3 is 1. The fourth-order valence-electron chi connectivity index (χ4n) is 3.63. The minimum atomic E-state index is -0.498. The maximum atomic E-state index is 12.2. The quantitative estimate of drug-likeness (QED) is 0.713. The van der Waals surface area contributed by atoms with Crippen molar-refractivity contribution in [1.29, 1.82) is 0 Å². The van der Waals surface area contributed by atoms with Gasteiger partial charge in [0.2, 0.25) is 0 Å². The average molecular weight is 268 g/mol. The van der Waals surface area contributed by atoms with Crippen LogP contribution in [-0.2, 0) is 9.53 Å². The van der Waals surface area contributed by atoms with Crippen molar-refractivity contribution in [1.82, 2.24) is 10.2 Å². The number of carbonyl (C=O) groups is 1. The lowest BCUT2D eigenvalue weighted by Crippen LogP contribution is -2.59. The Labute approximate surface area is 116 Å². The predicted molar refractivity (Wildman–Crippen MR) is 76.0 cm³/mol. The van der Waals surface area contributed by atoms with Crippen LogP contribution >= 0.6 is 0 Å². The minimum Gasteiger partial charge on any atom is -0.468 e.